The molecule has 0 radical (unpaired) electrons. The zero-order valence-corrected chi connectivity index (χ0v) is 10.8. The molecule has 0 amide bonds. The molecule has 0 aliphatic heterocycles. The van der Waals surface area contributed by atoms with E-state index in [9.17, 15) is 8.42 Å². The van der Waals surface area contributed by atoms with Gasteiger partial charge in [0.2, 0.25) is 10.0 Å². The number of ether oxygens (including phenoxy) is 1. The molecule has 1 aromatic carbocycles. The molecule has 0 spiro atoms. The van der Waals surface area contributed by atoms with Gasteiger partial charge in [-0.25, -0.2) is 13.6 Å². The maximum Gasteiger partial charge on any atom is 0.238 e. The van der Waals surface area contributed by atoms with Crippen LogP contribution in [0, 0.1) is 11.3 Å². The quantitative estimate of drug-likeness (QED) is 0.738. The molecule has 0 heterocycles. The fraction of sp³-hybridized carbons (Fsp3) is 0.364. The van der Waals surface area contributed by atoms with Crippen molar-refractivity contribution in [2.45, 2.75) is 11.8 Å². The molecule has 98 valence electrons. The largest absolute Gasteiger partial charge is 0.382 e. The molecule has 6 nitrogen and oxygen atoms in total. The Morgan fingerprint density at radius 1 is 1.50 bits per heavy atom. The van der Waals surface area contributed by atoms with Crippen LogP contribution in [0.3, 0.4) is 0 Å². The number of nitriles is 1. The van der Waals surface area contributed by atoms with Gasteiger partial charge in [-0.05, 0) is 25.1 Å². The van der Waals surface area contributed by atoms with Crippen molar-refractivity contribution in [1.82, 2.24) is 0 Å². The number of anilines is 1. The van der Waals surface area contributed by atoms with Crippen molar-refractivity contribution in [1.29, 1.82) is 5.26 Å². The lowest BCUT2D eigenvalue weighted by Gasteiger charge is -2.09. The van der Waals surface area contributed by atoms with Gasteiger partial charge in [-0.3, -0.25) is 0 Å². The zero-order valence-electron chi connectivity index (χ0n) is 10.0. The second-order valence-corrected chi connectivity index (χ2v) is 5.05. The summed E-state index contributed by atoms with van der Waals surface area (Å²) in [6, 6.07) is 6.05. The minimum Gasteiger partial charge on any atom is -0.382 e. The van der Waals surface area contributed by atoms with Gasteiger partial charge < -0.3 is 10.1 Å². The van der Waals surface area contributed by atoms with Gasteiger partial charge in [-0.2, -0.15) is 5.26 Å². The van der Waals surface area contributed by atoms with Crippen LogP contribution >= 0.6 is 0 Å². The number of hydrogen-bond acceptors (Lipinski definition) is 5. The van der Waals surface area contributed by atoms with Gasteiger partial charge in [-0.15, -0.1) is 0 Å². The van der Waals surface area contributed by atoms with Gasteiger partial charge >= 0.3 is 0 Å². The summed E-state index contributed by atoms with van der Waals surface area (Å²) in [5, 5.41) is 16.9. The summed E-state index contributed by atoms with van der Waals surface area (Å²) in [5.41, 5.74) is 0.794. The van der Waals surface area contributed by atoms with Crippen molar-refractivity contribution in [3.63, 3.8) is 0 Å². The molecule has 1 rings (SSSR count). The van der Waals surface area contributed by atoms with Crippen LogP contribution in [0.25, 0.3) is 0 Å². The predicted molar refractivity (Wildman–Crippen MR) is 67.5 cm³/mol. The Balaban J connectivity index is 2.85. The average Bonchev–Trinajstić information content (AvgIpc) is 2.33. The summed E-state index contributed by atoms with van der Waals surface area (Å²) in [7, 11) is -3.78. The fourth-order valence-corrected chi connectivity index (χ4v) is 1.89. The van der Waals surface area contributed by atoms with E-state index in [1.54, 1.807) is 0 Å². The van der Waals surface area contributed by atoms with Crippen molar-refractivity contribution >= 4 is 15.7 Å². The van der Waals surface area contributed by atoms with Gasteiger partial charge in [0, 0.05) is 13.2 Å². The standard InChI is InChI=1S/C11H15N3O3S/c1-2-17-6-5-14-11-4-3-10(18(13,15)16)7-9(11)8-12/h3-4,7,14H,2,5-6H2,1H3,(H2,13,15,16). The lowest BCUT2D eigenvalue weighted by molar-refractivity contribution is 0.158. The summed E-state index contributed by atoms with van der Waals surface area (Å²) in [5.74, 6) is 0. The van der Waals surface area contributed by atoms with E-state index in [4.69, 9.17) is 15.1 Å². The molecule has 0 fully saturated rings. The van der Waals surface area contributed by atoms with Crippen molar-refractivity contribution in [3.8, 4) is 6.07 Å². The molecule has 0 saturated heterocycles. The van der Waals surface area contributed by atoms with Crippen molar-refractivity contribution in [3.05, 3.63) is 23.8 Å². The fourth-order valence-electron chi connectivity index (χ4n) is 1.35. The van der Waals surface area contributed by atoms with E-state index in [1.807, 2.05) is 13.0 Å². The molecule has 18 heavy (non-hydrogen) atoms. The zero-order chi connectivity index (χ0) is 13.6. The number of rotatable bonds is 6. The first-order chi connectivity index (χ1) is 8.49. The lowest BCUT2D eigenvalue weighted by atomic mass is 10.2. The van der Waals surface area contributed by atoms with Crippen molar-refractivity contribution < 1.29 is 13.2 Å². The Morgan fingerprint density at radius 3 is 2.78 bits per heavy atom. The summed E-state index contributed by atoms with van der Waals surface area (Å²) in [4.78, 5) is -0.0746. The molecule has 0 aromatic heterocycles. The highest BCUT2D eigenvalue weighted by Gasteiger charge is 2.11. The Bertz CT molecular complexity index is 549. The molecule has 3 N–H and O–H groups in total. The summed E-state index contributed by atoms with van der Waals surface area (Å²) < 4.78 is 27.4. The first-order valence-corrected chi connectivity index (χ1v) is 6.92. The first-order valence-electron chi connectivity index (χ1n) is 5.37. The van der Waals surface area contributed by atoms with Gasteiger partial charge in [0.05, 0.1) is 22.8 Å². The third-order valence-electron chi connectivity index (χ3n) is 2.21. The Hall–Kier alpha value is -1.62. The smallest absolute Gasteiger partial charge is 0.238 e. The van der Waals surface area contributed by atoms with Crippen LogP contribution < -0.4 is 10.5 Å². The monoisotopic (exact) mass is 269 g/mol. The highest BCUT2D eigenvalue weighted by atomic mass is 32.2. The molecule has 0 unspecified atom stereocenters. The molecular weight excluding hydrogens is 254 g/mol. The molecule has 0 aliphatic rings. The topological polar surface area (TPSA) is 105 Å². The maximum atomic E-state index is 11.1. The first kappa shape index (κ1) is 14.4. The summed E-state index contributed by atoms with van der Waals surface area (Å²) in [6.45, 7) is 3.56. The van der Waals surface area contributed by atoms with Gasteiger partial charge in [0.15, 0.2) is 0 Å². The van der Waals surface area contributed by atoms with Crippen LogP contribution in [-0.2, 0) is 14.8 Å². The second-order valence-electron chi connectivity index (χ2n) is 3.49. The predicted octanol–water partition coefficient (Wildman–Crippen LogP) is 0.654. The van der Waals surface area contributed by atoms with E-state index in [-0.39, 0.29) is 10.5 Å². The maximum absolute atomic E-state index is 11.1. The van der Waals surface area contributed by atoms with E-state index in [2.05, 4.69) is 5.32 Å². The third kappa shape index (κ3) is 4.00. The van der Waals surface area contributed by atoms with E-state index in [1.165, 1.54) is 18.2 Å². The van der Waals surface area contributed by atoms with E-state index in [0.717, 1.165) is 0 Å². The molecule has 0 bridgehead atoms. The number of primary sulfonamides is 1. The number of sulfonamides is 1. The highest BCUT2D eigenvalue weighted by molar-refractivity contribution is 7.89. The van der Waals surface area contributed by atoms with Crippen LogP contribution in [0.15, 0.2) is 23.1 Å². The van der Waals surface area contributed by atoms with Crippen LogP contribution in [0.2, 0.25) is 0 Å². The molecule has 0 saturated carbocycles. The molecule has 0 aliphatic carbocycles. The average molecular weight is 269 g/mol. The third-order valence-corrected chi connectivity index (χ3v) is 3.12. The number of nitrogens with one attached hydrogen (secondary N) is 1. The van der Waals surface area contributed by atoms with E-state index < -0.39 is 10.0 Å². The number of hydrogen-bond donors (Lipinski definition) is 2. The minimum atomic E-state index is -3.78. The molecule has 7 heteroatoms. The Labute approximate surface area is 106 Å². The highest BCUT2D eigenvalue weighted by Crippen LogP contribution is 2.18. The van der Waals surface area contributed by atoms with Gasteiger partial charge in [0.25, 0.3) is 0 Å². The van der Waals surface area contributed by atoms with Crippen LogP contribution in [0.1, 0.15) is 12.5 Å². The molecule has 1 aromatic rings. The van der Waals surface area contributed by atoms with Crippen LogP contribution in [0.4, 0.5) is 5.69 Å². The minimum absolute atomic E-state index is 0.0746. The molecule has 0 atom stereocenters. The normalized spacial score (nSPS) is 10.9. The SMILES string of the molecule is CCOCCNc1ccc(S(N)(=O)=O)cc1C#N. The number of nitrogens with two attached hydrogens (primary N) is 1. The molecular formula is C11H15N3O3S. The van der Waals surface area contributed by atoms with E-state index >= 15 is 0 Å². The Kier molecular flexibility index (Phi) is 5.09. The van der Waals surface area contributed by atoms with Gasteiger partial charge in [-0.1, -0.05) is 0 Å². The summed E-state index contributed by atoms with van der Waals surface area (Å²) >= 11 is 0. The second kappa shape index (κ2) is 6.35. The number of nitrogens with zero attached hydrogens (tertiary/aromatic N) is 1. The van der Waals surface area contributed by atoms with Crippen LogP contribution in [-0.4, -0.2) is 28.2 Å². The van der Waals surface area contributed by atoms with Gasteiger partial charge in [0.1, 0.15) is 6.07 Å². The van der Waals surface area contributed by atoms with E-state index in [0.29, 0.717) is 25.4 Å². The Morgan fingerprint density at radius 2 is 2.22 bits per heavy atom. The van der Waals surface area contributed by atoms with Crippen molar-refractivity contribution in [2.75, 3.05) is 25.1 Å². The van der Waals surface area contributed by atoms with Crippen LogP contribution in [0.5, 0.6) is 0 Å². The van der Waals surface area contributed by atoms with Crippen molar-refractivity contribution in [2.24, 2.45) is 5.14 Å². The summed E-state index contributed by atoms with van der Waals surface area (Å²) in [6.07, 6.45) is 0. The lowest BCUT2D eigenvalue weighted by Crippen LogP contribution is -2.14. The number of benzene rings is 1.